The van der Waals surface area contributed by atoms with Gasteiger partial charge in [0.25, 0.3) is 0 Å². The normalized spacial score (nSPS) is 12.3. The van der Waals surface area contributed by atoms with Crippen LogP contribution in [0.25, 0.3) is 0 Å². The molecule has 0 amide bonds. The van der Waals surface area contributed by atoms with Gasteiger partial charge >= 0.3 is 10.4 Å². The lowest BCUT2D eigenvalue weighted by Gasteiger charge is -2.10. The molecule has 0 aliphatic heterocycles. The molecule has 0 radical (unpaired) electrons. The van der Waals surface area contributed by atoms with Crippen molar-refractivity contribution in [2.24, 2.45) is 0 Å². The van der Waals surface area contributed by atoms with Gasteiger partial charge in [0.1, 0.15) is 0 Å². The van der Waals surface area contributed by atoms with Crippen molar-refractivity contribution in [3.8, 4) is 0 Å². The van der Waals surface area contributed by atoms with Crippen molar-refractivity contribution >= 4 is 10.4 Å². The van der Waals surface area contributed by atoms with Gasteiger partial charge < -0.3 is 0 Å². The highest BCUT2D eigenvalue weighted by molar-refractivity contribution is 7.83. The maximum absolute atomic E-state index is 12.6. The highest BCUT2D eigenvalue weighted by Crippen LogP contribution is 2.12. The van der Waals surface area contributed by atoms with Crippen LogP contribution in [0.15, 0.2) is 6.20 Å². The number of aromatic nitrogens is 2. The van der Waals surface area contributed by atoms with E-state index in [4.69, 9.17) is 0 Å². The van der Waals surface area contributed by atoms with E-state index in [1.54, 1.807) is 10.9 Å². The smallest absolute Gasteiger partial charge is 0.270 e. The van der Waals surface area contributed by atoms with Crippen LogP contribution in [0, 0.1) is 6.92 Å². The van der Waals surface area contributed by atoms with Crippen molar-refractivity contribution in [1.82, 2.24) is 14.1 Å². The molecule has 86 valence electrons. The van der Waals surface area contributed by atoms with Gasteiger partial charge in [-0.3, -0.25) is 4.68 Å². The summed E-state index contributed by atoms with van der Waals surface area (Å²) in [5.41, 5.74) is 1.56. The second-order valence-electron chi connectivity index (χ2n) is 3.27. The third kappa shape index (κ3) is 2.75. The average molecular weight is 235 g/mol. The van der Waals surface area contributed by atoms with Crippen LogP contribution in [0.1, 0.15) is 18.2 Å². The van der Waals surface area contributed by atoms with E-state index in [0.29, 0.717) is 16.4 Å². The molecular formula is C8H14FN3O2S. The zero-order valence-electron chi connectivity index (χ0n) is 8.94. The predicted molar refractivity (Wildman–Crippen MR) is 54.1 cm³/mol. The summed E-state index contributed by atoms with van der Waals surface area (Å²) in [4.78, 5) is 0. The van der Waals surface area contributed by atoms with Crippen LogP contribution in [-0.4, -0.2) is 29.6 Å². The zero-order valence-corrected chi connectivity index (χ0v) is 9.75. The standard InChI is InChI=1S/C8H14FN3O2S/c1-4-12-7(2)8(5-10-12)6-11(3)15(9,13)14/h5H,4,6H2,1-3H3. The molecule has 0 unspecified atom stereocenters. The highest BCUT2D eigenvalue weighted by Gasteiger charge is 2.18. The minimum Gasteiger partial charge on any atom is -0.270 e. The SMILES string of the molecule is CCn1ncc(CN(C)S(=O)(=O)F)c1C. The van der Waals surface area contributed by atoms with Crippen molar-refractivity contribution in [1.29, 1.82) is 0 Å². The fourth-order valence-electron chi connectivity index (χ4n) is 1.28. The Morgan fingerprint density at radius 3 is 2.60 bits per heavy atom. The van der Waals surface area contributed by atoms with Crippen molar-refractivity contribution in [3.05, 3.63) is 17.5 Å². The first-order chi connectivity index (χ1) is 6.86. The number of rotatable bonds is 4. The Labute approximate surface area is 88.8 Å². The fourth-order valence-corrected chi connectivity index (χ4v) is 1.57. The van der Waals surface area contributed by atoms with Crippen LogP contribution in [0.3, 0.4) is 0 Å². The summed E-state index contributed by atoms with van der Waals surface area (Å²) in [6, 6.07) is 0. The summed E-state index contributed by atoms with van der Waals surface area (Å²) in [5, 5.41) is 4.04. The molecule has 5 nitrogen and oxygen atoms in total. The van der Waals surface area contributed by atoms with Gasteiger partial charge in [0, 0.05) is 31.4 Å². The van der Waals surface area contributed by atoms with E-state index >= 15 is 0 Å². The van der Waals surface area contributed by atoms with Crippen LogP contribution in [-0.2, 0) is 23.5 Å². The fraction of sp³-hybridized carbons (Fsp3) is 0.625. The second-order valence-corrected chi connectivity index (χ2v) is 4.72. The summed E-state index contributed by atoms with van der Waals surface area (Å²) >= 11 is 0. The van der Waals surface area contributed by atoms with E-state index in [0.717, 1.165) is 5.69 Å². The molecule has 0 saturated carbocycles. The van der Waals surface area contributed by atoms with E-state index in [1.807, 2.05) is 13.8 Å². The lowest BCUT2D eigenvalue weighted by atomic mass is 10.2. The van der Waals surface area contributed by atoms with Crippen molar-refractivity contribution < 1.29 is 12.3 Å². The van der Waals surface area contributed by atoms with Gasteiger partial charge in [0.2, 0.25) is 0 Å². The van der Waals surface area contributed by atoms with Crippen molar-refractivity contribution in [2.75, 3.05) is 7.05 Å². The zero-order chi connectivity index (χ0) is 11.6. The van der Waals surface area contributed by atoms with Gasteiger partial charge in [0.15, 0.2) is 0 Å². The second kappa shape index (κ2) is 4.28. The van der Waals surface area contributed by atoms with Crippen molar-refractivity contribution in [2.45, 2.75) is 26.9 Å². The molecular weight excluding hydrogens is 221 g/mol. The minimum atomic E-state index is -4.62. The third-order valence-corrected chi connectivity index (χ3v) is 3.14. The molecule has 0 aromatic carbocycles. The molecule has 15 heavy (non-hydrogen) atoms. The first-order valence-corrected chi connectivity index (χ1v) is 5.87. The predicted octanol–water partition coefficient (Wildman–Crippen LogP) is 0.858. The maximum atomic E-state index is 12.6. The third-order valence-electron chi connectivity index (χ3n) is 2.27. The van der Waals surface area contributed by atoms with Gasteiger partial charge in [0.05, 0.1) is 6.20 Å². The molecule has 0 N–H and O–H groups in total. The molecule has 7 heteroatoms. The summed E-state index contributed by atoms with van der Waals surface area (Å²) in [5.74, 6) is 0. The maximum Gasteiger partial charge on any atom is 0.374 e. The van der Waals surface area contributed by atoms with Crippen LogP contribution in [0.4, 0.5) is 3.89 Å². The highest BCUT2D eigenvalue weighted by atomic mass is 32.3. The minimum absolute atomic E-state index is 0.00463. The summed E-state index contributed by atoms with van der Waals surface area (Å²) in [6.45, 7) is 4.46. The van der Waals surface area contributed by atoms with Gasteiger partial charge in [-0.05, 0) is 13.8 Å². The Morgan fingerprint density at radius 2 is 2.20 bits per heavy atom. The van der Waals surface area contributed by atoms with E-state index in [-0.39, 0.29) is 6.54 Å². The number of aryl methyl sites for hydroxylation is 1. The van der Waals surface area contributed by atoms with E-state index in [1.165, 1.54) is 7.05 Å². The molecule has 1 rings (SSSR count). The number of nitrogens with zero attached hydrogens (tertiary/aromatic N) is 3. The van der Waals surface area contributed by atoms with Crippen molar-refractivity contribution in [3.63, 3.8) is 0 Å². The monoisotopic (exact) mass is 235 g/mol. The quantitative estimate of drug-likeness (QED) is 0.727. The van der Waals surface area contributed by atoms with Crippen LogP contribution < -0.4 is 0 Å². The van der Waals surface area contributed by atoms with Crippen LogP contribution in [0.5, 0.6) is 0 Å². The van der Waals surface area contributed by atoms with Gasteiger partial charge in [-0.1, -0.05) is 3.89 Å². The average Bonchev–Trinajstić information content (AvgIpc) is 2.46. The molecule has 0 aliphatic rings. The topological polar surface area (TPSA) is 55.2 Å². The van der Waals surface area contributed by atoms with Crippen LogP contribution >= 0.6 is 0 Å². The Bertz CT molecular complexity index is 441. The van der Waals surface area contributed by atoms with E-state index in [2.05, 4.69) is 5.10 Å². The lowest BCUT2D eigenvalue weighted by Crippen LogP contribution is -2.22. The molecule has 0 aliphatic carbocycles. The molecule has 0 fully saturated rings. The first-order valence-electron chi connectivity index (χ1n) is 4.53. The lowest BCUT2D eigenvalue weighted by molar-refractivity contribution is 0.428. The largest absolute Gasteiger partial charge is 0.374 e. The van der Waals surface area contributed by atoms with Gasteiger partial charge in [-0.2, -0.15) is 17.8 Å². The summed E-state index contributed by atoms with van der Waals surface area (Å²) < 4.78 is 36.1. The Hall–Kier alpha value is -0.950. The molecule has 1 aromatic heterocycles. The Morgan fingerprint density at radius 1 is 1.60 bits per heavy atom. The first kappa shape index (κ1) is 12.1. The van der Waals surface area contributed by atoms with E-state index < -0.39 is 10.4 Å². The number of hydrogen-bond acceptors (Lipinski definition) is 3. The molecule has 1 heterocycles. The van der Waals surface area contributed by atoms with Gasteiger partial charge in [-0.25, -0.2) is 0 Å². The van der Waals surface area contributed by atoms with Crippen LogP contribution in [0.2, 0.25) is 0 Å². The van der Waals surface area contributed by atoms with Gasteiger partial charge in [-0.15, -0.1) is 0 Å². The molecule has 1 aromatic rings. The summed E-state index contributed by atoms with van der Waals surface area (Å²) in [6.07, 6.45) is 1.56. The number of halogens is 1. The van der Waals surface area contributed by atoms with E-state index in [9.17, 15) is 12.3 Å². The molecule has 0 spiro atoms. The molecule has 0 saturated heterocycles. The summed E-state index contributed by atoms with van der Waals surface area (Å²) in [7, 11) is -3.43. The Kier molecular flexibility index (Phi) is 3.46. The molecule has 0 atom stereocenters. The number of hydrogen-bond donors (Lipinski definition) is 0. The molecule has 0 bridgehead atoms. The Balaban J connectivity index is 2.86.